The van der Waals surface area contributed by atoms with E-state index >= 15 is 0 Å². The van der Waals surface area contributed by atoms with Crippen LogP contribution in [0.1, 0.15) is 17.5 Å². The largest absolute Gasteiger partial charge is 0.460 e. The van der Waals surface area contributed by atoms with Gasteiger partial charge in [-0.1, -0.05) is 11.2 Å². The molecule has 0 spiro atoms. The number of hydrogen-bond acceptors (Lipinski definition) is 5. The topological polar surface area (TPSA) is 52.3 Å². The summed E-state index contributed by atoms with van der Waals surface area (Å²) in [6.07, 6.45) is 0. The van der Waals surface area contributed by atoms with Gasteiger partial charge in [-0.15, -0.1) is 11.3 Å². The van der Waals surface area contributed by atoms with Crippen LogP contribution in [0, 0.1) is 0 Å². The van der Waals surface area contributed by atoms with E-state index in [1.165, 1.54) is 11.3 Å². The van der Waals surface area contributed by atoms with Crippen LogP contribution in [0.3, 0.4) is 0 Å². The summed E-state index contributed by atoms with van der Waals surface area (Å²) >= 11 is 1.54. The fourth-order valence-electron chi connectivity index (χ4n) is 1.11. The number of ether oxygens (including phenoxy) is 1. The highest BCUT2D eigenvalue weighted by atomic mass is 32.1. The Bertz CT molecular complexity index is 447. The Labute approximate surface area is 90.5 Å². The van der Waals surface area contributed by atoms with Gasteiger partial charge in [0.2, 0.25) is 5.76 Å². The highest BCUT2D eigenvalue weighted by Crippen LogP contribution is 2.24. The minimum absolute atomic E-state index is 0.139. The zero-order valence-electron chi connectivity index (χ0n) is 8.10. The van der Waals surface area contributed by atoms with Gasteiger partial charge in [0.05, 0.1) is 11.5 Å². The fourth-order valence-corrected chi connectivity index (χ4v) is 1.79. The van der Waals surface area contributed by atoms with Gasteiger partial charge < -0.3 is 9.26 Å². The molecule has 0 saturated carbocycles. The molecule has 2 aromatic heterocycles. The third kappa shape index (κ3) is 2.07. The van der Waals surface area contributed by atoms with Crippen molar-refractivity contribution in [2.24, 2.45) is 0 Å². The van der Waals surface area contributed by atoms with Crippen molar-refractivity contribution in [2.45, 2.75) is 6.92 Å². The van der Waals surface area contributed by atoms with Gasteiger partial charge in [-0.25, -0.2) is 4.79 Å². The van der Waals surface area contributed by atoms with Gasteiger partial charge in [0.15, 0.2) is 0 Å². The maximum absolute atomic E-state index is 11.3. The minimum Gasteiger partial charge on any atom is -0.460 e. The molecule has 2 aromatic rings. The van der Waals surface area contributed by atoms with Crippen molar-refractivity contribution in [1.29, 1.82) is 0 Å². The van der Waals surface area contributed by atoms with Crippen LogP contribution in [0.5, 0.6) is 0 Å². The molecule has 0 fully saturated rings. The lowest BCUT2D eigenvalue weighted by Gasteiger charge is -1.94. The predicted octanol–water partition coefficient (Wildman–Crippen LogP) is 2.58. The maximum Gasteiger partial charge on any atom is 0.377 e. The van der Waals surface area contributed by atoms with Crippen LogP contribution in [0.2, 0.25) is 0 Å². The summed E-state index contributed by atoms with van der Waals surface area (Å²) in [6.45, 7) is 2.07. The number of esters is 1. The standard InChI is InChI=1S/C10H9NO3S/c1-2-13-10(12)8-6-7(11-14-8)9-4-3-5-15-9/h3-6H,2H2,1H3. The molecule has 2 rings (SSSR count). The van der Waals surface area contributed by atoms with E-state index in [1.807, 2.05) is 17.5 Å². The molecule has 78 valence electrons. The molecule has 0 aliphatic heterocycles. The number of rotatable bonds is 3. The first-order chi connectivity index (χ1) is 7.31. The van der Waals surface area contributed by atoms with Crippen molar-refractivity contribution in [1.82, 2.24) is 5.16 Å². The Morgan fingerprint density at radius 2 is 2.53 bits per heavy atom. The number of hydrogen-bond donors (Lipinski definition) is 0. The van der Waals surface area contributed by atoms with Crippen molar-refractivity contribution in [3.05, 3.63) is 29.3 Å². The van der Waals surface area contributed by atoms with Crippen molar-refractivity contribution < 1.29 is 14.1 Å². The Balaban J connectivity index is 2.21. The SMILES string of the molecule is CCOC(=O)c1cc(-c2cccs2)no1. The summed E-state index contributed by atoms with van der Waals surface area (Å²) in [6, 6.07) is 5.42. The van der Waals surface area contributed by atoms with Gasteiger partial charge in [0.1, 0.15) is 5.69 Å². The van der Waals surface area contributed by atoms with Crippen LogP contribution in [0.15, 0.2) is 28.1 Å². The molecule has 0 aromatic carbocycles. The molecule has 2 heterocycles. The van der Waals surface area contributed by atoms with Gasteiger partial charge in [-0.2, -0.15) is 0 Å². The van der Waals surface area contributed by atoms with Crippen molar-refractivity contribution in [2.75, 3.05) is 6.61 Å². The molecule has 0 amide bonds. The lowest BCUT2D eigenvalue weighted by molar-refractivity contribution is 0.0480. The first kappa shape index (κ1) is 9.92. The Morgan fingerprint density at radius 3 is 3.20 bits per heavy atom. The van der Waals surface area contributed by atoms with Gasteiger partial charge in [-0.05, 0) is 18.4 Å². The number of aromatic nitrogens is 1. The second-order valence-electron chi connectivity index (χ2n) is 2.77. The lowest BCUT2D eigenvalue weighted by atomic mass is 10.3. The number of carbonyl (C=O) groups excluding carboxylic acids is 1. The molecule has 5 heteroatoms. The van der Waals surface area contributed by atoms with E-state index in [0.29, 0.717) is 12.3 Å². The van der Waals surface area contributed by atoms with Gasteiger partial charge in [0.25, 0.3) is 0 Å². The molecule has 0 bridgehead atoms. The van der Waals surface area contributed by atoms with Crippen molar-refractivity contribution >= 4 is 17.3 Å². The summed E-state index contributed by atoms with van der Waals surface area (Å²) in [4.78, 5) is 12.2. The smallest absolute Gasteiger partial charge is 0.377 e. The van der Waals surface area contributed by atoms with Crippen LogP contribution in [0.4, 0.5) is 0 Å². The molecule has 4 nitrogen and oxygen atoms in total. The average molecular weight is 223 g/mol. The number of nitrogens with zero attached hydrogens (tertiary/aromatic N) is 1. The monoisotopic (exact) mass is 223 g/mol. The van der Waals surface area contributed by atoms with Crippen LogP contribution < -0.4 is 0 Å². The Kier molecular flexibility index (Phi) is 2.82. The van der Waals surface area contributed by atoms with Crippen molar-refractivity contribution in [3.63, 3.8) is 0 Å². The first-order valence-corrected chi connectivity index (χ1v) is 5.37. The quantitative estimate of drug-likeness (QED) is 0.750. The van der Waals surface area contributed by atoms with Crippen LogP contribution >= 0.6 is 11.3 Å². The molecule has 0 aliphatic rings. The Morgan fingerprint density at radius 1 is 1.67 bits per heavy atom. The van der Waals surface area contributed by atoms with Crippen LogP contribution in [0.25, 0.3) is 10.6 Å². The Hall–Kier alpha value is -1.62. The molecule has 0 N–H and O–H groups in total. The van der Waals surface area contributed by atoms with Gasteiger partial charge in [0, 0.05) is 6.07 Å². The highest BCUT2D eigenvalue weighted by Gasteiger charge is 2.14. The predicted molar refractivity (Wildman–Crippen MR) is 55.8 cm³/mol. The van der Waals surface area contributed by atoms with Crippen LogP contribution in [-0.2, 0) is 4.74 Å². The molecular weight excluding hydrogens is 214 g/mol. The fraction of sp³-hybridized carbons (Fsp3) is 0.200. The van der Waals surface area contributed by atoms with Gasteiger partial charge >= 0.3 is 5.97 Å². The summed E-state index contributed by atoms with van der Waals surface area (Å²) in [5.74, 6) is -0.340. The van der Waals surface area contributed by atoms with Crippen molar-refractivity contribution in [3.8, 4) is 10.6 Å². The minimum atomic E-state index is -0.479. The summed E-state index contributed by atoms with van der Waals surface area (Å²) in [7, 11) is 0. The van der Waals surface area contributed by atoms with Crippen LogP contribution in [-0.4, -0.2) is 17.7 Å². The molecule has 0 unspecified atom stereocenters. The van der Waals surface area contributed by atoms with E-state index in [9.17, 15) is 4.79 Å². The average Bonchev–Trinajstić information content (AvgIpc) is 2.89. The highest BCUT2D eigenvalue weighted by molar-refractivity contribution is 7.13. The second kappa shape index (κ2) is 4.27. The molecular formula is C10H9NO3S. The normalized spacial score (nSPS) is 10.2. The van der Waals surface area contributed by atoms with E-state index in [4.69, 9.17) is 9.26 Å². The summed E-state index contributed by atoms with van der Waals surface area (Å²) in [5, 5.41) is 5.74. The van der Waals surface area contributed by atoms with Gasteiger partial charge in [-0.3, -0.25) is 0 Å². The number of thiophene rings is 1. The molecule has 0 radical (unpaired) electrons. The first-order valence-electron chi connectivity index (χ1n) is 4.49. The molecule has 0 aliphatic carbocycles. The van der Waals surface area contributed by atoms with E-state index in [-0.39, 0.29) is 5.76 Å². The van der Waals surface area contributed by atoms with E-state index < -0.39 is 5.97 Å². The lowest BCUT2D eigenvalue weighted by Crippen LogP contribution is -2.02. The number of carbonyl (C=O) groups is 1. The zero-order chi connectivity index (χ0) is 10.7. The van der Waals surface area contributed by atoms with E-state index in [1.54, 1.807) is 13.0 Å². The maximum atomic E-state index is 11.3. The van der Waals surface area contributed by atoms with E-state index in [0.717, 1.165) is 4.88 Å². The molecule has 15 heavy (non-hydrogen) atoms. The third-order valence-electron chi connectivity index (χ3n) is 1.76. The summed E-state index contributed by atoms with van der Waals surface area (Å²) in [5.41, 5.74) is 0.660. The second-order valence-corrected chi connectivity index (χ2v) is 3.72. The zero-order valence-corrected chi connectivity index (χ0v) is 8.91. The molecule has 0 saturated heterocycles. The summed E-state index contributed by atoms with van der Waals surface area (Å²) < 4.78 is 9.67. The third-order valence-corrected chi connectivity index (χ3v) is 2.65. The molecule has 0 atom stereocenters. The van der Waals surface area contributed by atoms with E-state index in [2.05, 4.69) is 5.16 Å².